The molecule has 72 valence electrons. The summed E-state index contributed by atoms with van der Waals surface area (Å²) in [5.41, 5.74) is 1.01. The molecule has 0 saturated carbocycles. The van der Waals surface area contributed by atoms with Crippen LogP contribution in [0.15, 0.2) is 24.3 Å². The summed E-state index contributed by atoms with van der Waals surface area (Å²) in [7, 11) is 0. The maximum atomic E-state index is 9.10. The molecule has 1 N–H and O–H groups in total. The van der Waals surface area contributed by atoms with E-state index in [0.717, 1.165) is 17.0 Å². The zero-order valence-electron chi connectivity index (χ0n) is 8.05. The standard InChI is InChI=1S/C11H15ClO/c1-11(2,8-13)7-9-5-3-4-6-10(9)12/h3-6,13H,7-8H2,1-2H3. The molecule has 0 unspecified atom stereocenters. The van der Waals surface area contributed by atoms with Crippen molar-refractivity contribution in [3.63, 3.8) is 0 Å². The largest absolute Gasteiger partial charge is 0.396 e. The molecule has 0 radical (unpaired) electrons. The Hall–Kier alpha value is -0.530. The van der Waals surface area contributed by atoms with Crippen molar-refractivity contribution in [1.29, 1.82) is 0 Å². The lowest BCUT2D eigenvalue weighted by molar-refractivity contribution is 0.159. The molecule has 1 nitrogen and oxygen atoms in total. The Labute approximate surface area is 84.4 Å². The SMILES string of the molecule is CC(C)(CO)Cc1ccccc1Cl. The molecule has 0 fully saturated rings. The Morgan fingerprint density at radius 3 is 2.46 bits per heavy atom. The predicted octanol–water partition coefficient (Wildman–Crippen LogP) is 2.90. The molecule has 1 rings (SSSR count). The van der Waals surface area contributed by atoms with Gasteiger partial charge in [-0.25, -0.2) is 0 Å². The Bertz CT molecular complexity index is 281. The second-order valence-electron chi connectivity index (χ2n) is 4.09. The molecule has 1 aromatic carbocycles. The highest BCUT2D eigenvalue weighted by atomic mass is 35.5. The minimum Gasteiger partial charge on any atom is -0.396 e. The summed E-state index contributed by atoms with van der Waals surface area (Å²) in [4.78, 5) is 0. The first-order valence-corrected chi connectivity index (χ1v) is 4.77. The van der Waals surface area contributed by atoms with Gasteiger partial charge in [-0.15, -0.1) is 0 Å². The first-order valence-electron chi connectivity index (χ1n) is 4.39. The molecular weight excluding hydrogens is 184 g/mol. The van der Waals surface area contributed by atoms with E-state index in [-0.39, 0.29) is 12.0 Å². The van der Waals surface area contributed by atoms with Crippen LogP contribution in [0.4, 0.5) is 0 Å². The van der Waals surface area contributed by atoms with Crippen molar-refractivity contribution < 1.29 is 5.11 Å². The van der Waals surface area contributed by atoms with Gasteiger partial charge < -0.3 is 5.11 Å². The first-order chi connectivity index (χ1) is 6.05. The molecule has 0 aliphatic heterocycles. The van der Waals surface area contributed by atoms with Crippen LogP contribution < -0.4 is 0 Å². The van der Waals surface area contributed by atoms with Crippen LogP contribution in [0, 0.1) is 5.41 Å². The molecule has 0 atom stereocenters. The van der Waals surface area contributed by atoms with E-state index < -0.39 is 0 Å². The van der Waals surface area contributed by atoms with Crippen molar-refractivity contribution in [1.82, 2.24) is 0 Å². The Balaban J connectivity index is 2.80. The average Bonchev–Trinajstić information content (AvgIpc) is 2.09. The summed E-state index contributed by atoms with van der Waals surface area (Å²) < 4.78 is 0. The lowest BCUT2D eigenvalue weighted by atomic mass is 9.87. The van der Waals surface area contributed by atoms with Gasteiger partial charge in [0.25, 0.3) is 0 Å². The van der Waals surface area contributed by atoms with Crippen molar-refractivity contribution in [3.8, 4) is 0 Å². The molecule has 0 aromatic heterocycles. The molecule has 2 heteroatoms. The summed E-state index contributed by atoms with van der Waals surface area (Å²) in [5.74, 6) is 0. The normalized spacial score (nSPS) is 11.7. The minimum atomic E-state index is -0.0923. The van der Waals surface area contributed by atoms with Crippen LogP contribution in [0.1, 0.15) is 19.4 Å². The molecule has 0 heterocycles. The molecule has 0 aliphatic carbocycles. The Kier molecular flexibility index (Phi) is 3.34. The number of aliphatic hydroxyl groups is 1. The third-order valence-electron chi connectivity index (χ3n) is 2.05. The molecular formula is C11H15ClO. The van der Waals surface area contributed by atoms with Crippen molar-refractivity contribution >= 4 is 11.6 Å². The summed E-state index contributed by atoms with van der Waals surface area (Å²) in [5, 5.41) is 9.88. The molecule has 13 heavy (non-hydrogen) atoms. The zero-order valence-corrected chi connectivity index (χ0v) is 8.80. The van der Waals surface area contributed by atoms with E-state index in [1.807, 2.05) is 38.1 Å². The topological polar surface area (TPSA) is 20.2 Å². The highest BCUT2D eigenvalue weighted by Crippen LogP contribution is 2.25. The quantitative estimate of drug-likeness (QED) is 0.792. The number of halogens is 1. The van der Waals surface area contributed by atoms with Crippen LogP contribution in [-0.2, 0) is 6.42 Å². The summed E-state index contributed by atoms with van der Waals surface area (Å²) in [6.45, 7) is 4.23. The van der Waals surface area contributed by atoms with E-state index in [4.69, 9.17) is 16.7 Å². The molecule has 1 aromatic rings. The monoisotopic (exact) mass is 198 g/mol. The summed E-state index contributed by atoms with van der Waals surface area (Å²) in [6, 6.07) is 7.76. The highest BCUT2D eigenvalue weighted by Gasteiger charge is 2.18. The van der Waals surface area contributed by atoms with E-state index in [9.17, 15) is 0 Å². The second kappa shape index (κ2) is 4.12. The third-order valence-corrected chi connectivity index (χ3v) is 2.42. The fourth-order valence-electron chi connectivity index (χ4n) is 1.21. The van der Waals surface area contributed by atoms with Gasteiger partial charge in [0.1, 0.15) is 0 Å². The van der Waals surface area contributed by atoms with Gasteiger partial charge in [-0.3, -0.25) is 0 Å². The molecule has 0 saturated heterocycles. The number of benzene rings is 1. The van der Waals surface area contributed by atoms with Crippen LogP contribution in [-0.4, -0.2) is 11.7 Å². The van der Waals surface area contributed by atoms with Crippen LogP contribution in [0.3, 0.4) is 0 Å². The maximum absolute atomic E-state index is 9.10. The van der Waals surface area contributed by atoms with Crippen LogP contribution in [0.25, 0.3) is 0 Å². The van der Waals surface area contributed by atoms with Gasteiger partial charge in [0, 0.05) is 11.6 Å². The highest BCUT2D eigenvalue weighted by molar-refractivity contribution is 6.31. The van der Waals surface area contributed by atoms with E-state index in [1.54, 1.807) is 0 Å². The van der Waals surface area contributed by atoms with E-state index in [0.29, 0.717) is 0 Å². The van der Waals surface area contributed by atoms with Crippen molar-refractivity contribution in [3.05, 3.63) is 34.9 Å². The van der Waals surface area contributed by atoms with Gasteiger partial charge in [-0.1, -0.05) is 43.6 Å². The van der Waals surface area contributed by atoms with Crippen molar-refractivity contribution in [2.75, 3.05) is 6.61 Å². The van der Waals surface area contributed by atoms with Gasteiger partial charge in [0.15, 0.2) is 0 Å². The number of rotatable bonds is 3. The zero-order chi connectivity index (χ0) is 9.90. The number of hydrogen-bond donors (Lipinski definition) is 1. The fourth-order valence-corrected chi connectivity index (χ4v) is 1.42. The molecule has 0 bridgehead atoms. The maximum Gasteiger partial charge on any atom is 0.0485 e. The van der Waals surface area contributed by atoms with E-state index >= 15 is 0 Å². The first kappa shape index (κ1) is 10.6. The van der Waals surface area contributed by atoms with Crippen molar-refractivity contribution in [2.24, 2.45) is 5.41 Å². The molecule has 0 aliphatic rings. The summed E-state index contributed by atoms with van der Waals surface area (Å²) >= 11 is 6.01. The Morgan fingerprint density at radius 2 is 1.92 bits per heavy atom. The van der Waals surface area contributed by atoms with Crippen molar-refractivity contribution in [2.45, 2.75) is 20.3 Å². The van der Waals surface area contributed by atoms with Gasteiger partial charge >= 0.3 is 0 Å². The lowest BCUT2D eigenvalue weighted by Gasteiger charge is -2.21. The average molecular weight is 199 g/mol. The predicted molar refractivity (Wildman–Crippen MR) is 56.0 cm³/mol. The third kappa shape index (κ3) is 3.02. The minimum absolute atomic E-state index is 0.0923. The molecule has 0 amide bonds. The molecule has 0 spiro atoms. The van der Waals surface area contributed by atoms with Gasteiger partial charge in [0.05, 0.1) is 0 Å². The smallest absolute Gasteiger partial charge is 0.0485 e. The lowest BCUT2D eigenvalue weighted by Crippen LogP contribution is -2.19. The Morgan fingerprint density at radius 1 is 1.31 bits per heavy atom. The van der Waals surface area contributed by atoms with E-state index in [1.165, 1.54) is 0 Å². The van der Waals surface area contributed by atoms with Gasteiger partial charge in [0.2, 0.25) is 0 Å². The fraction of sp³-hybridized carbons (Fsp3) is 0.455. The van der Waals surface area contributed by atoms with Gasteiger partial charge in [-0.05, 0) is 23.5 Å². The van der Waals surface area contributed by atoms with Crippen LogP contribution in [0.2, 0.25) is 5.02 Å². The van der Waals surface area contributed by atoms with Gasteiger partial charge in [-0.2, -0.15) is 0 Å². The van der Waals surface area contributed by atoms with Crippen LogP contribution in [0.5, 0.6) is 0 Å². The number of hydrogen-bond acceptors (Lipinski definition) is 1. The number of aliphatic hydroxyl groups excluding tert-OH is 1. The summed E-state index contributed by atoms with van der Waals surface area (Å²) in [6.07, 6.45) is 0.809. The second-order valence-corrected chi connectivity index (χ2v) is 4.50. The van der Waals surface area contributed by atoms with Crippen LogP contribution >= 0.6 is 11.6 Å². The van der Waals surface area contributed by atoms with E-state index in [2.05, 4.69) is 0 Å².